The number of hydrogen-bond donors (Lipinski definition) is 0. The molecule has 1 aromatic heterocycles. The fourth-order valence-electron chi connectivity index (χ4n) is 2.52. The summed E-state index contributed by atoms with van der Waals surface area (Å²) in [6, 6.07) is 15.4. The van der Waals surface area contributed by atoms with Gasteiger partial charge in [0, 0.05) is 29.5 Å². The Morgan fingerprint density at radius 2 is 1.56 bits per heavy atom. The molecular formula is C19H16Cl2N2OS. The zero-order valence-corrected chi connectivity index (χ0v) is 15.9. The molecule has 0 saturated heterocycles. The first kappa shape index (κ1) is 18.1. The van der Waals surface area contributed by atoms with Crippen LogP contribution in [-0.2, 0) is 7.05 Å². The van der Waals surface area contributed by atoms with Crippen LogP contribution in [0.3, 0.4) is 0 Å². The van der Waals surface area contributed by atoms with E-state index in [0.29, 0.717) is 21.6 Å². The second kappa shape index (κ2) is 8.09. The van der Waals surface area contributed by atoms with Crippen LogP contribution in [0.25, 0.3) is 0 Å². The van der Waals surface area contributed by atoms with Crippen LogP contribution in [0.2, 0.25) is 10.0 Å². The van der Waals surface area contributed by atoms with Gasteiger partial charge < -0.3 is 4.57 Å². The van der Waals surface area contributed by atoms with Gasteiger partial charge in [0.1, 0.15) is 0 Å². The van der Waals surface area contributed by atoms with Gasteiger partial charge in [-0.3, -0.25) is 4.79 Å². The summed E-state index contributed by atoms with van der Waals surface area (Å²) in [6.45, 7) is 0. The lowest BCUT2D eigenvalue weighted by atomic mass is 10.0. The molecule has 0 spiro atoms. The molecule has 0 bridgehead atoms. The third-order valence-corrected chi connectivity index (χ3v) is 5.61. The number of nitrogens with zero attached hydrogens (tertiary/aromatic N) is 2. The maximum absolute atomic E-state index is 12.5. The Morgan fingerprint density at radius 3 is 2.00 bits per heavy atom. The number of carbonyl (C=O) groups excluding carboxylic acids is 1. The summed E-state index contributed by atoms with van der Waals surface area (Å²) >= 11 is 13.6. The molecule has 0 atom stereocenters. The lowest BCUT2D eigenvalue weighted by Gasteiger charge is -2.17. The molecule has 0 aliphatic heterocycles. The topological polar surface area (TPSA) is 34.9 Å². The average molecular weight is 391 g/mol. The maximum Gasteiger partial charge on any atom is 0.208 e. The van der Waals surface area contributed by atoms with Crippen LogP contribution in [0.1, 0.15) is 27.0 Å². The molecule has 6 heteroatoms. The standard InChI is InChI=1S/C19H16Cl2N2OS/c1-23-11-10-22-19(23)17(24)12-25-18(13-2-6-15(20)7-3-13)14-4-8-16(21)9-5-14/h2-11,18H,12H2,1H3. The van der Waals surface area contributed by atoms with Gasteiger partial charge in [-0.25, -0.2) is 4.98 Å². The minimum atomic E-state index is 0.00503. The molecule has 0 saturated carbocycles. The van der Waals surface area contributed by atoms with Crippen LogP contribution in [0.5, 0.6) is 0 Å². The van der Waals surface area contributed by atoms with Crippen molar-refractivity contribution in [3.8, 4) is 0 Å². The average Bonchev–Trinajstić information content (AvgIpc) is 3.04. The van der Waals surface area contributed by atoms with Gasteiger partial charge in [-0.2, -0.15) is 0 Å². The number of imidazole rings is 1. The van der Waals surface area contributed by atoms with Gasteiger partial charge in [-0.05, 0) is 35.4 Å². The predicted octanol–water partition coefficient (Wildman–Crippen LogP) is 5.43. The molecule has 2 aromatic carbocycles. The molecule has 1 heterocycles. The smallest absolute Gasteiger partial charge is 0.208 e. The number of halogens is 2. The van der Waals surface area contributed by atoms with Crippen LogP contribution in [-0.4, -0.2) is 21.1 Å². The Hall–Kier alpha value is -1.75. The van der Waals surface area contributed by atoms with Crippen LogP contribution in [0, 0.1) is 0 Å². The number of rotatable bonds is 6. The van der Waals surface area contributed by atoms with Crippen molar-refractivity contribution in [2.75, 3.05) is 5.75 Å². The highest BCUT2D eigenvalue weighted by Crippen LogP contribution is 2.36. The number of thioether (sulfide) groups is 1. The predicted molar refractivity (Wildman–Crippen MR) is 105 cm³/mol. The first-order valence-corrected chi connectivity index (χ1v) is 9.48. The minimum absolute atomic E-state index is 0.00503. The fourth-order valence-corrected chi connectivity index (χ4v) is 3.92. The molecule has 128 valence electrons. The van der Waals surface area contributed by atoms with Crippen molar-refractivity contribution in [2.24, 2.45) is 7.05 Å². The molecule has 0 unspecified atom stereocenters. The molecule has 25 heavy (non-hydrogen) atoms. The van der Waals surface area contributed by atoms with Crippen LogP contribution in [0.4, 0.5) is 0 Å². The van der Waals surface area contributed by atoms with Crippen molar-refractivity contribution in [2.45, 2.75) is 5.25 Å². The molecule has 0 aliphatic rings. The lowest BCUT2D eigenvalue weighted by Crippen LogP contribution is -2.11. The monoisotopic (exact) mass is 390 g/mol. The van der Waals surface area contributed by atoms with Gasteiger partial charge in [0.25, 0.3) is 0 Å². The summed E-state index contributed by atoms with van der Waals surface area (Å²) in [6.07, 6.45) is 3.40. The maximum atomic E-state index is 12.5. The van der Waals surface area contributed by atoms with Gasteiger partial charge in [-0.15, -0.1) is 11.8 Å². The number of aryl methyl sites for hydroxylation is 1. The van der Waals surface area contributed by atoms with E-state index in [-0.39, 0.29) is 11.0 Å². The van der Waals surface area contributed by atoms with Crippen molar-refractivity contribution >= 4 is 40.7 Å². The summed E-state index contributed by atoms with van der Waals surface area (Å²) in [5.41, 5.74) is 2.17. The van der Waals surface area contributed by atoms with Crippen LogP contribution >= 0.6 is 35.0 Å². The van der Waals surface area contributed by atoms with Crippen molar-refractivity contribution < 1.29 is 4.79 Å². The Labute approximate surface area is 161 Å². The summed E-state index contributed by atoms with van der Waals surface area (Å²) in [5.74, 6) is 0.810. The number of hydrogen-bond acceptors (Lipinski definition) is 3. The van der Waals surface area contributed by atoms with Crippen LogP contribution in [0.15, 0.2) is 60.9 Å². The first-order valence-electron chi connectivity index (χ1n) is 7.67. The number of benzene rings is 2. The van der Waals surface area contributed by atoms with Crippen molar-refractivity contribution in [1.82, 2.24) is 9.55 Å². The summed E-state index contributed by atoms with van der Waals surface area (Å²) in [7, 11) is 1.82. The molecular weight excluding hydrogens is 375 g/mol. The Kier molecular flexibility index (Phi) is 5.84. The first-order chi connectivity index (χ1) is 12.0. The summed E-state index contributed by atoms with van der Waals surface area (Å²) < 4.78 is 1.74. The van der Waals surface area contributed by atoms with E-state index in [1.807, 2.05) is 55.6 Å². The van der Waals surface area contributed by atoms with Gasteiger partial charge in [0.05, 0.1) is 11.0 Å². The molecule has 0 radical (unpaired) electrons. The largest absolute Gasteiger partial charge is 0.332 e. The quantitative estimate of drug-likeness (QED) is 0.526. The van der Waals surface area contributed by atoms with Gasteiger partial charge >= 0.3 is 0 Å². The van der Waals surface area contributed by atoms with E-state index in [4.69, 9.17) is 23.2 Å². The van der Waals surface area contributed by atoms with E-state index < -0.39 is 0 Å². The Balaban J connectivity index is 1.83. The SMILES string of the molecule is Cn1ccnc1C(=O)CSC(c1ccc(Cl)cc1)c1ccc(Cl)cc1. The van der Waals surface area contributed by atoms with Gasteiger partial charge in [0.15, 0.2) is 5.82 Å². The number of ketones is 1. The summed E-state index contributed by atoms with van der Waals surface area (Å²) in [4.78, 5) is 16.6. The third-order valence-electron chi connectivity index (χ3n) is 3.80. The van der Waals surface area contributed by atoms with Crippen LogP contribution < -0.4 is 0 Å². The van der Waals surface area contributed by atoms with Gasteiger partial charge in [0.2, 0.25) is 5.78 Å². The summed E-state index contributed by atoms with van der Waals surface area (Å²) in [5, 5.41) is 1.39. The zero-order valence-electron chi connectivity index (χ0n) is 13.5. The molecule has 3 nitrogen and oxygen atoms in total. The van der Waals surface area contributed by atoms with Crippen molar-refractivity contribution in [3.05, 3.63) is 87.9 Å². The number of aromatic nitrogens is 2. The highest BCUT2D eigenvalue weighted by molar-refractivity contribution is 8.00. The molecule has 0 amide bonds. The van der Waals surface area contributed by atoms with E-state index in [2.05, 4.69) is 4.98 Å². The molecule has 3 aromatic rings. The zero-order chi connectivity index (χ0) is 17.8. The highest BCUT2D eigenvalue weighted by atomic mass is 35.5. The molecule has 0 fully saturated rings. The van der Waals surface area contributed by atoms with E-state index in [9.17, 15) is 4.79 Å². The Morgan fingerprint density at radius 1 is 1.04 bits per heavy atom. The third kappa shape index (κ3) is 4.46. The van der Waals surface area contributed by atoms with E-state index in [0.717, 1.165) is 11.1 Å². The number of Topliss-reactive ketones (excluding diaryl/α,β-unsaturated/α-hetero) is 1. The van der Waals surface area contributed by atoms with E-state index >= 15 is 0 Å². The normalized spacial score (nSPS) is 11.0. The molecule has 3 rings (SSSR count). The second-order valence-corrected chi connectivity index (χ2v) is 7.55. The van der Waals surface area contributed by atoms with E-state index in [1.165, 1.54) is 0 Å². The minimum Gasteiger partial charge on any atom is -0.332 e. The number of carbonyl (C=O) groups is 1. The lowest BCUT2D eigenvalue weighted by molar-refractivity contribution is 0.101. The Bertz CT molecular complexity index is 814. The molecule has 0 aliphatic carbocycles. The van der Waals surface area contributed by atoms with Gasteiger partial charge in [-0.1, -0.05) is 47.5 Å². The van der Waals surface area contributed by atoms with Crippen molar-refractivity contribution in [1.29, 1.82) is 0 Å². The second-order valence-electron chi connectivity index (χ2n) is 5.58. The fraction of sp³-hybridized carbons (Fsp3) is 0.158. The molecule has 0 N–H and O–H groups in total. The van der Waals surface area contributed by atoms with E-state index in [1.54, 1.807) is 28.7 Å². The highest BCUT2D eigenvalue weighted by Gasteiger charge is 2.19. The van der Waals surface area contributed by atoms with Crippen molar-refractivity contribution in [3.63, 3.8) is 0 Å².